The summed E-state index contributed by atoms with van der Waals surface area (Å²) >= 11 is 1.27. The first-order valence-electron chi connectivity index (χ1n) is 11.1. The van der Waals surface area contributed by atoms with Crippen LogP contribution >= 0.6 is 11.3 Å². The summed E-state index contributed by atoms with van der Waals surface area (Å²) < 4.78 is 38.6. The fraction of sp³-hybridized carbons (Fsp3) is 0.591. The Kier molecular flexibility index (Phi) is 8.66. The Hall–Kier alpha value is -2.24. The molecule has 0 spiro atoms. The van der Waals surface area contributed by atoms with E-state index in [1.165, 1.54) is 11.3 Å². The van der Waals surface area contributed by atoms with E-state index in [4.69, 9.17) is 9.47 Å². The van der Waals surface area contributed by atoms with E-state index in [9.17, 15) is 18.0 Å². The molecule has 1 saturated heterocycles. The van der Waals surface area contributed by atoms with Gasteiger partial charge in [-0.15, -0.1) is 0 Å². The predicted molar refractivity (Wildman–Crippen MR) is 127 cm³/mol. The summed E-state index contributed by atoms with van der Waals surface area (Å²) in [6.45, 7) is 5.82. The van der Waals surface area contributed by atoms with E-state index in [1.807, 2.05) is 36.6 Å². The first-order chi connectivity index (χ1) is 15.7. The molecule has 1 aromatic carbocycles. The molecule has 9 nitrogen and oxygen atoms in total. The Labute approximate surface area is 197 Å². The monoisotopic (exact) mass is 497 g/mol. The van der Waals surface area contributed by atoms with Gasteiger partial charge in [0.1, 0.15) is 17.3 Å². The SMILES string of the molecule is CCOCCn1c(=NC(=O)CS(=O)(=O)CC(=O)N2CCCCC2C)sc2cc(OC)ccc21. The van der Waals surface area contributed by atoms with Gasteiger partial charge in [-0.25, -0.2) is 8.42 Å². The van der Waals surface area contributed by atoms with Gasteiger partial charge in [0.15, 0.2) is 14.6 Å². The van der Waals surface area contributed by atoms with Gasteiger partial charge >= 0.3 is 0 Å². The van der Waals surface area contributed by atoms with Crippen molar-refractivity contribution >= 4 is 43.2 Å². The van der Waals surface area contributed by atoms with Crippen LogP contribution in [0.2, 0.25) is 0 Å². The van der Waals surface area contributed by atoms with Crippen LogP contribution in [0.25, 0.3) is 10.2 Å². The van der Waals surface area contributed by atoms with Crippen molar-refractivity contribution in [1.29, 1.82) is 0 Å². The lowest BCUT2D eigenvalue weighted by Crippen LogP contribution is -2.45. The molecule has 33 heavy (non-hydrogen) atoms. The van der Waals surface area contributed by atoms with Gasteiger partial charge < -0.3 is 18.9 Å². The molecule has 2 aromatic rings. The number of benzene rings is 1. The Morgan fingerprint density at radius 3 is 2.73 bits per heavy atom. The smallest absolute Gasteiger partial charge is 0.263 e. The number of amides is 2. The predicted octanol–water partition coefficient (Wildman–Crippen LogP) is 1.99. The number of nitrogens with zero attached hydrogens (tertiary/aromatic N) is 3. The minimum absolute atomic E-state index is 0.0154. The normalized spacial score (nSPS) is 17.5. The lowest BCUT2D eigenvalue weighted by molar-refractivity contribution is -0.131. The molecular weight excluding hydrogens is 466 g/mol. The van der Waals surface area contributed by atoms with Crippen LogP contribution in [0.15, 0.2) is 23.2 Å². The van der Waals surface area contributed by atoms with Crippen LogP contribution in [0.3, 0.4) is 0 Å². The van der Waals surface area contributed by atoms with Crippen molar-refractivity contribution < 1.29 is 27.5 Å². The number of carbonyl (C=O) groups is 2. The largest absolute Gasteiger partial charge is 0.497 e. The van der Waals surface area contributed by atoms with Crippen molar-refractivity contribution in [3.63, 3.8) is 0 Å². The highest BCUT2D eigenvalue weighted by Crippen LogP contribution is 2.23. The van der Waals surface area contributed by atoms with Gasteiger partial charge in [-0.1, -0.05) is 11.3 Å². The molecule has 1 aromatic heterocycles. The quantitative estimate of drug-likeness (QED) is 0.491. The number of carbonyl (C=O) groups excluding carboxylic acids is 2. The molecule has 1 atom stereocenters. The van der Waals surface area contributed by atoms with Crippen molar-refractivity contribution in [2.45, 2.75) is 45.7 Å². The van der Waals surface area contributed by atoms with Gasteiger partial charge in [0.05, 0.1) is 23.9 Å². The van der Waals surface area contributed by atoms with Gasteiger partial charge in [-0.3, -0.25) is 9.59 Å². The molecular formula is C22H31N3O6S2. The van der Waals surface area contributed by atoms with Crippen LogP contribution in [0.1, 0.15) is 33.1 Å². The zero-order valence-electron chi connectivity index (χ0n) is 19.3. The van der Waals surface area contributed by atoms with Crippen molar-refractivity contribution in [1.82, 2.24) is 9.47 Å². The second-order valence-corrected chi connectivity index (χ2v) is 11.1. The number of rotatable bonds is 9. The molecule has 2 amide bonds. The third kappa shape index (κ3) is 6.64. The van der Waals surface area contributed by atoms with Crippen LogP contribution in [0.5, 0.6) is 5.75 Å². The van der Waals surface area contributed by atoms with Crippen molar-refractivity contribution in [2.75, 3.05) is 38.4 Å². The highest BCUT2D eigenvalue weighted by molar-refractivity contribution is 7.92. The van der Waals surface area contributed by atoms with Gasteiger partial charge in [0.2, 0.25) is 5.91 Å². The number of hydrogen-bond acceptors (Lipinski definition) is 7. The molecule has 0 radical (unpaired) electrons. The average molecular weight is 498 g/mol. The lowest BCUT2D eigenvalue weighted by Gasteiger charge is -2.33. The molecule has 0 saturated carbocycles. The van der Waals surface area contributed by atoms with E-state index in [1.54, 1.807) is 12.0 Å². The van der Waals surface area contributed by atoms with Gasteiger partial charge in [0.25, 0.3) is 5.91 Å². The molecule has 182 valence electrons. The molecule has 1 unspecified atom stereocenters. The molecule has 1 aliphatic rings. The van der Waals surface area contributed by atoms with E-state index in [0.29, 0.717) is 36.9 Å². The Balaban J connectivity index is 1.80. The Morgan fingerprint density at radius 1 is 1.24 bits per heavy atom. The summed E-state index contributed by atoms with van der Waals surface area (Å²) in [7, 11) is -2.36. The Bertz CT molecular complexity index is 1170. The Morgan fingerprint density at radius 2 is 2.03 bits per heavy atom. The maximum atomic E-state index is 12.6. The molecule has 0 N–H and O–H groups in total. The second-order valence-electron chi connectivity index (χ2n) is 8.04. The maximum Gasteiger partial charge on any atom is 0.263 e. The third-order valence-corrected chi connectivity index (χ3v) is 8.00. The summed E-state index contributed by atoms with van der Waals surface area (Å²) in [6, 6.07) is 5.54. The molecule has 1 fully saturated rings. The average Bonchev–Trinajstić information content (AvgIpc) is 3.09. The molecule has 11 heteroatoms. The van der Waals surface area contributed by atoms with Crippen molar-refractivity contribution in [3.05, 3.63) is 23.0 Å². The number of hydrogen-bond donors (Lipinski definition) is 0. The first-order valence-corrected chi connectivity index (χ1v) is 13.7. The third-order valence-electron chi connectivity index (χ3n) is 5.58. The lowest BCUT2D eigenvalue weighted by atomic mass is 10.0. The van der Waals surface area contributed by atoms with E-state index >= 15 is 0 Å². The number of sulfone groups is 1. The standard InChI is InChI=1S/C22H31N3O6S2/c1-4-31-12-11-25-18-9-8-17(30-3)13-19(18)32-22(25)23-20(26)14-33(28,29)15-21(27)24-10-6-5-7-16(24)2/h8-9,13,16H,4-7,10-12,14-15H2,1-3H3. The van der Waals surface area contributed by atoms with Crippen LogP contribution in [0.4, 0.5) is 0 Å². The number of aromatic nitrogens is 1. The summed E-state index contributed by atoms with van der Waals surface area (Å²) in [4.78, 5) is 31.2. The second kappa shape index (κ2) is 11.3. The summed E-state index contributed by atoms with van der Waals surface area (Å²) in [5.74, 6) is -2.04. The molecule has 2 heterocycles. The molecule has 0 aliphatic carbocycles. The van der Waals surface area contributed by atoms with Crippen LogP contribution < -0.4 is 9.54 Å². The van der Waals surface area contributed by atoms with Crippen LogP contribution in [-0.2, 0) is 30.7 Å². The molecule has 3 rings (SSSR count). The summed E-state index contributed by atoms with van der Waals surface area (Å²) in [5.41, 5.74) is 0.851. The van der Waals surface area contributed by atoms with Gasteiger partial charge in [-0.05, 0) is 51.3 Å². The zero-order chi connectivity index (χ0) is 24.0. The van der Waals surface area contributed by atoms with Gasteiger partial charge in [0, 0.05) is 25.7 Å². The minimum Gasteiger partial charge on any atom is -0.497 e. The maximum absolute atomic E-state index is 12.6. The van der Waals surface area contributed by atoms with Crippen molar-refractivity contribution in [2.24, 2.45) is 4.99 Å². The van der Waals surface area contributed by atoms with E-state index in [2.05, 4.69) is 4.99 Å². The number of likely N-dealkylation sites (tertiary alicyclic amines) is 1. The highest BCUT2D eigenvalue weighted by atomic mass is 32.2. The fourth-order valence-corrected chi connectivity index (χ4v) is 6.09. The number of ether oxygens (including phenoxy) is 2. The van der Waals surface area contributed by atoms with E-state index < -0.39 is 33.2 Å². The topological polar surface area (TPSA) is 107 Å². The van der Waals surface area contributed by atoms with Crippen LogP contribution in [0, 0.1) is 0 Å². The summed E-state index contributed by atoms with van der Waals surface area (Å²) in [5, 5.41) is 0. The number of thiazole rings is 1. The highest BCUT2D eigenvalue weighted by Gasteiger charge is 2.28. The zero-order valence-corrected chi connectivity index (χ0v) is 20.9. The van der Waals surface area contributed by atoms with Crippen molar-refractivity contribution in [3.8, 4) is 5.75 Å². The minimum atomic E-state index is -3.93. The van der Waals surface area contributed by atoms with E-state index in [0.717, 1.165) is 29.5 Å². The van der Waals surface area contributed by atoms with Crippen LogP contribution in [-0.4, -0.2) is 74.1 Å². The van der Waals surface area contributed by atoms with E-state index in [-0.39, 0.29) is 6.04 Å². The van der Waals surface area contributed by atoms with Gasteiger partial charge in [-0.2, -0.15) is 4.99 Å². The number of fused-ring (bicyclic) bond motifs is 1. The first kappa shape index (κ1) is 25.4. The fourth-order valence-electron chi connectivity index (χ4n) is 3.90. The number of piperidine rings is 1. The number of methoxy groups -OCH3 is 1. The summed E-state index contributed by atoms with van der Waals surface area (Å²) in [6.07, 6.45) is 2.75. The molecule has 0 bridgehead atoms. The molecule has 1 aliphatic heterocycles.